The van der Waals surface area contributed by atoms with E-state index in [1.807, 2.05) is 42.5 Å². The van der Waals surface area contributed by atoms with Gasteiger partial charge in [-0.15, -0.1) is 0 Å². The van der Waals surface area contributed by atoms with Crippen molar-refractivity contribution < 1.29 is 18.4 Å². The van der Waals surface area contributed by atoms with Crippen molar-refractivity contribution in [3.05, 3.63) is 89.5 Å². The standard InChI is InChI=1S/C29H34N3O4P/c1-5-35-37(34,36-6-2)24-16-17-26-25(18-24)27(29(33)32-26)28(22-10-8-7-9-11-22)31-23-14-12-21(13-15-23)19-30-20(3)4/h7-18,20,30-31H,5-6,19H2,1-4H3,(H,32,33)/b28-27-. The van der Waals surface area contributed by atoms with Crippen molar-refractivity contribution in [3.63, 3.8) is 0 Å². The van der Waals surface area contributed by atoms with Crippen LogP contribution in [0.15, 0.2) is 72.8 Å². The molecule has 0 radical (unpaired) electrons. The number of benzene rings is 3. The van der Waals surface area contributed by atoms with Gasteiger partial charge in [-0.1, -0.05) is 56.3 Å². The summed E-state index contributed by atoms with van der Waals surface area (Å²) in [5.74, 6) is -0.237. The van der Waals surface area contributed by atoms with E-state index in [4.69, 9.17) is 9.05 Å². The molecule has 0 aromatic heterocycles. The zero-order valence-corrected chi connectivity index (χ0v) is 22.6. The van der Waals surface area contributed by atoms with E-state index in [0.29, 0.717) is 33.9 Å². The van der Waals surface area contributed by atoms with Gasteiger partial charge in [0, 0.05) is 29.5 Å². The molecule has 0 fully saturated rings. The maximum absolute atomic E-state index is 13.5. The van der Waals surface area contributed by atoms with Gasteiger partial charge in [0.15, 0.2) is 0 Å². The summed E-state index contributed by atoms with van der Waals surface area (Å²) in [5.41, 5.74) is 5.29. The molecule has 8 heteroatoms. The van der Waals surface area contributed by atoms with Crippen LogP contribution in [0.2, 0.25) is 0 Å². The van der Waals surface area contributed by atoms with Gasteiger partial charge in [-0.25, -0.2) is 0 Å². The van der Waals surface area contributed by atoms with Gasteiger partial charge in [-0.05, 0) is 55.3 Å². The van der Waals surface area contributed by atoms with Crippen molar-refractivity contribution in [2.75, 3.05) is 23.8 Å². The highest BCUT2D eigenvalue weighted by molar-refractivity contribution is 7.62. The van der Waals surface area contributed by atoms with Crippen molar-refractivity contribution >= 4 is 41.5 Å². The number of carbonyl (C=O) groups is 1. The summed E-state index contributed by atoms with van der Waals surface area (Å²) in [6.07, 6.45) is 0. The number of rotatable bonds is 11. The van der Waals surface area contributed by atoms with Gasteiger partial charge >= 0.3 is 7.60 Å². The predicted molar refractivity (Wildman–Crippen MR) is 151 cm³/mol. The van der Waals surface area contributed by atoms with Crippen LogP contribution in [-0.2, 0) is 25.0 Å². The second-order valence-corrected chi connectivity index (χ2v) is 11.0. The summed E-state index contributed by atoms with van der Waals surface area (Å²) >= 11 is 0. The van der Waals surface area contributed by atoms with Crippen LogP contribution in [0.3, 0.4) is 0 Å². The average Bonchev–Trinajstić information content (AvgIpc) is 3.22. The highest BCUT2D eigenvalue weighted by atomic mass is 31.2. The third kappa shape index (κ3) is 6.20. The van der Waals surface area contributed by atoms with E-state index in [2.05, 4.69) is 41.9 Å². The van der Waals surface area contributed by atoms with E-state index in [1.165, 1.54) is 5.56 Å². The topological polar surface area (TPSA) is 88.7 Å². The molecule has 1 aliphatic heterocycles. The Hall–Kier alpha value is -3.22. The van der Waals surface area contributed by atoms with Gasteiger partial charge in [0.05, 0.1) is 29.8 Å². The Morgan fingerprint density at radius 2 is 1.62 bits per heavy atom. The number of hydrogen-bond donors (Lipinski definition) is 3. The minimum atomic E-state index is -3.53. The van der Waals surface area contributed by atoms with Crippen LogP contribution >= 0.6 is 7.60 Å². The van der Waals surface area contributed by atoms with E-state index >= 15 is 0 Å². The lowest BCUT2D eigenvalue weighted by Crippen LogP contribution is -2.21. The van der Waals surface area contributed by atoms with Crippen LogP contribution in [0, 0.1) is 0 Å². The first kappa shape index (κ1) is 26.8. The molecule has 0 atom stereocenters. The van der Waals surface area contributed by atoms with E-state index in [1.54, 1.807) is 32.0 Å². The monoisotopic (exact) mass is 519 g/mol. The third-order valence-corrected chi connectivity index (χ3v) is 8.02. The van der Waals surface area contributed by atoms with Crippen LogP contribution in [0.5, 0.6) is 0 Å². The summed E-state index contributed by atoms with van der Waals surface area (Å²) in [7, 11) is -3.53. The molecule has 37 heavy (non-hydrogen) atoms. The quantitative estimate of drug-likeness (QED) is 0.212. The SMILES string of the molecule is CCOP(=O)(OCC)c1ccc2c(c1)/C(=C(/Nc1ccc(CNC(C)C)cc1)c1ccccc1)C(=O)N2. The first-order valence-electron chi connectivity index (χ1n) is 12.6. The lowest BCUT2D eigenvalue weighted by atomic mass is 10.00. The molecule has 0 spiro atoms. The molecular weight excluding hydrogens is 485 g/mol. The Bertz CT molecular complexity index is 1310. The molecule has 3 aromatic carbocycles. The second kappa shape index (κ2) is 11.9. The van der Waals surface area contributed by atoms with Crippen molar-refractivity contribution in [3.8, 4) is 0 Å². The second-order valence-electron chi connectivity index (χ2n) is 8.99. The van der Waals surface area contributed by atoms with Crippen LogP contribution < -0.4 is 21.3 Å². The van der Waals surface area contributed by atoms with E-state index < -0.39 is 7.60 Å². The molecule has 1 aliphatic rings. The zero-order valence-electron chi connectivity index (χ0n) is 21.7. The lowest BCUT2D eigenvalue weighted by Gasteiger charge is -2.18. The van der Waals surface area contributed by atoms with Gasteiger partial charge in [0.25, 0.3) is 5.91 Å². The van der Waals surface area contributed by atoms with Crippen LogP contribution in [0.25, 0.3) is 11.3 Å². The van der Waals surface area contributed by atoms with Gasteiger partial charge in [-0.3, -0.25) is 9.36 Å². The maximum Gasteiger partial charge on any atom is 0.361 e. The van der Waals surface area contributed by atoms with E-state index in [0.717, 1.165) is 17.8 Å². The largest absolute Gasteiger partial charge is 0.361 e. The maximum atomic E-state index is 13.5. The fourth-order valence-electron chi connectivity index (χ4n) is 4.16. The Morgan fingerprint density at radius 1 is 0.946 bits per heavy atom. The molecule has 1 amide bonds. The van der Waals surface area contributed by atoms with Crippen LogP contribution in [0.4, 0.5) is 11.4 Å². The summed E-state index contributed by atoms with van der Waals surface area (Å²) in [6, 6.07) is 23.4. The average molecular weight is 520 g/mol. The molecule has 0 bridgehead atoms. The Morgan fingerprint density at radius 3 is 2.24 bits per heavy atom. The molecule has 3 aromatic rings. The van der Waals surface area contributed by atoms with Crippen molar-refractivity contribution in [2.24, 2.45) is 0 Å². The Labute approximate surface area is 218 Å². The molecule has 194 valence electrons. The first-order chi connectivity index (χ1) is 17.8. The van der Waals surface area contributed by atoms with Gasteiger partial charge in [0.1, 0.15) is 0 Å². The van der Waals surface area contributed by atoms with Crippen molar-refractivity contribution in [2.45, 2.75) is 40.3 Å². The number of fused-ring (bicyclic) bond motifs is 1. The fourth-order valence-corrected chi connectivity index (χ4v) is 5.75. The number of carbonyl (C=O) groups excluding carboxylic acids is 1. The molecule has 3 N–H and O–H groups in total. The number of amides is 1. The molecular formula is C29H34N3O4P. The third-order valence-electron chi connectivity index (χ3n) is 5.91. The minimum Gasteiger partial charge on any atom is -0.354 e. The highest BCUT2D eigenvalue weighted by Crippen LogP contribution is 2.48. The number of nitrogens with one attached hydrogen (secondary N) is 3. The van der Waals surface area contributed by atoms with E-state index in [-0.39, 0.29) is 19.1 Å². The van der Waals surface area contributed by atoms with Gasteiger partial charge in [0.2, 0.25) is 0 Å². The smallest absolute Gasteiger partial charge is 0.354 e. The summed E-state index contributed by atoms with van der Waals surface area (Å²) < 4.78 is 24.6. The molecule has 4 rings (SSSR count). The number of hydrogen-bond acceptors (Lipinski definition) is 6. The molecule has 0 aliphatic carbocycles. The normalized spacial score (nSPS) is 14.5. The van der Waals surface area contributed by atoms with Crippen LogP contribution in [-0.4, -0.2) is 25.2 Å². The van der Waals surface area contributed by atoms with Gasteiger partial charge < -0.3 is 25.0 Å². The summed E-state index contributed by atoms with van der Waals surface area (Å²) in [4.78, 5) is 13.3. The van der Waals surface area contributed by atoms with E-state index in [9.17, 15) is 9.36 Å². The molecule has 1 heterocycles. The molecule has 0 saturated carbocycles. The fraction of sp³-hybridized carbons (Fsp3) is 0.276. The highest BCUT2D eigenvalue weighted by Gasteiger charge is 2.33. The Kier molecular flexibility index (Phi) is 8.62. The lowest BCUT2D eigenvalue weighted by molar-refractivity contribution is -0.110. The molecule has 0 unspecified atom stereocenters. The number of anilines is 2. The van der Waals surface area contributed by atoms with Crippen molar-refractivity contribution in [1.82, 2.24) is 5.32 Å². The molecule has 7 nitrogen and oxygen atoms in total. The molecule has 0 saturated heterocycles. The summed E-state index contributed by atoms with van der Waals surface area (Å²) in [5, 5.41) is 10.3. The zero-order chi connectivity index (χ0) is 26.4. The summed E-state index contributed by atoms with van der Waals surface area (Å²) in [6.45, 7) is 9.05. The predicted octanol–water partition coefficient (Wildman–Crippen LogP) is 6.01. The Balaban J connectivity index is 1.79. The first-order valence-corrected chi connectivity index (χ1v) is 14.1. The minimum absolute atomic E-state index is 0.237. The van der Waals surface area contributed by atoms with Crippen molar-refractivity contribution in [1.29, 1.82) is 0 Å². The van der Waals surface area contributed by atoms with Crippen LogP contribution in [0.1, 0.15) is 44.4 Å². The van der Waals surface area contributed by atoms with Gasteiger partial charge in [-0.2, -0.15) is 0 Å².